The molecule has 1 aliphatic rings. The van der Waals surface area contributed by atoms with Gasteiger partial charge >= 0.3 is 0 Å². The number of nitriles is 1. The van der Waals surface area contributed by atoms with Crippen LogP contribution in [0.2, 0.25) is 5.02 Å². The molecular formula is C17H15ClN2OS. The first-order valence-electron chi connectivity index (χ1n) is 7.23. The lowest BCUT2D eigenvalue weighted by molar-refractivity contribution is 0.652. The maximum absolute atomic E-state index is 12.6. The minimum atomic E-state index is -1.33. The van der Waals surface area contributed by atoms with Gasteiger partial charge in [-0.2, -0.15) is 5.26 Å². The Kier molecular flexibility index (Phi) is 4.56. The smallest absolute Gasteiger partial charge is 0.145 e. The Morgan fingerprint density at radius 3 is 2.68 bits per heavy atom. The third kappa shape index (κ3) is 3.21. The third-order valence-corrected chi connectivity index (χ3v) is 5.40. The minimum Gasteiger partial charge on any atom is -0.252 e. The number of pyridine rings is 1. The summed E-state index contributed by atoms with van der Waals surface area (Å²) in [5.41, 5.74) is 3.50. The van der Waals surface area contributed by atoms with E-state index in [0.717, 1.165) is 42.5 Å². The molecule has 0 saturated carbocycles. The van der Waals surface area contributed by atoms with E-state index in [-0.39, 0.29) is 0 Å². The van der Waals surface area contributed by atoms with Crippen LogP contribution in [0.25, 0.3) is 0 Å². The van der Waals surface area contributed by atoms with E-state index in [2.05, 4.69) is 11.1 Å². The summed E-state index contributed by atoms with van der Waals surface area (Å²) in [6.07, 6.45) is 4.11. The second-order valence-electron chi connectivity index (χ2n) is 5.38. The first-order valence-corrected chi connectivity index (χ1v) is 8.93. The number of hydrogen-bond donors (Lipinski definition) is 0. The van der Waals surface area contributed by atoms with Crippen molar-refractivity contribution in [2.24, 2.45) is 0 Å². The molecule has 0 radical (unpaired) electrons. The molecule has 0 bridgehead atoms. The molecule has 22 heavy (non-hydrogen) atoms. The molecule has 112 valence electrons. The van der Waals surface area contributed by atoms with E-state index in [9.17, 15) is 9.47 Å². The standard InChI is InChI=1S/C17H15ClN2OS/c18-15-7-5-12(6-8-15)11-22(21)17-14(10-19)9-13-3-1-2-4-16(13)20-17/h5-9H,1-4,11H2/t22-/m0/s1. The highest BCUT2D eigenvalue weighted by Crippen LogP contribution is 2.24. The highest BCUT2D eigenvalue weighted by atomic mass is 35.5. The van der Waals surface area contributed by atoms with Crippen molar-refractivity contribution in [3.05, 3.63) is 57.7 Å². The normalized spacial score (nSPS) is 14.9. The van der Waals surface area contributed by atoms with Gasteiger partial charge in [0.1, 0.15) is 11.1 Å². The fraction of sp³-hybridized carbons (Fsp3) is 0.294. The Balaban J connectivity index is 1.91. The number of hydrogen-bond acceptors (Lipinski definition) is 3. The zero-order valence-corrected chi connectivity index (χ0v) is 13.6. The van der Waals surface area contributed by atoms with E-state index in [1.165, 1.54) is 0 Å². The Bertz CT molecular complexity index is 765. The SMILES string of the molecule is N#Cc1cc2c(nc1[S@@](=O)Cc1ccc(Cl)cc1)CCCC2. The lowest BCUT2D eigenvalue weighted by atomic mass is 9.95. The summed E-state index contributed by atoms with van der Waals surface area (Å²) in [6.45, 7) is 0. The molecule has 1 aromatic heterocycles. The maximum Gasteiger partial charge on any atom is 0.145 e. The topological polar surface area (TPSA) is 53.8 Å². The van der Waals surface area contributed by atoms with Gasteiger partial charge in [-0.1, -0.05) is 23.7 Å². The predicted octanol–water partition coefficient (Wildman–Crippen LogP) is 3.79. The number of benzene rings is 1. The molecule has 1 atom stereocenters. The molecule has 0 unspecified atom stereocenters. The molecule has 0 N–H and O–H groups in total. The average Bonchev–Trinajstić information content (AvgIpc) is 2.55. The Hall–Kier alpha value is -1.70. The monoisotopic (exact) mass is 330 g/mol. The number of halogens is 1. The van der Waals surface area contributed by atoms with Crippen molar-refractivity contribution in [1.82, 2.24) is 4.98 Å². The summed E-state index contributed by atoms with van der Waals surface area (Å²) in [7, 11) is -1.33. The lowest BCUT2D eigenvalue weighted by Crippen LogP contribution is -2.11. The van der Waals surface area contributed by atoms with E-state index in [1.807, 2.05) is 18.2 Å². The van der Waals surface area contributed by atoms with E-state index < -0.39 is 10.8 Å². The third-order valence-electron chi connectivity index (χ3n) is 3.81. The summed E-state index contributed by atoms with van der Waals surface area (Å²) < 4.78 is 12.6. The van der Waals surface area contributed by atoms with Crippen molar-refractivity contribution in [2.75, 3.05) is 0 Å². The molecule has 0 fully saturated rings. The molecule has 0 amide bonds. The number of fused-ring (bicyclic) bond motifs is 1. The van der Waals surface area contributed by atoms with Crippen LogP contribution < -0.4 is 0 Å². The van der Waals surface area contributed by atoms with Crippen molar-refractivity contribution in [3.63, 3.8) is 0 Å². The van der Waals surface area contributed by atoms with E-state index in [1.54, 1.807) is 12.1 Å². The highest BCUT2D eigenvalue weighted by Gasteiger charge is 2.18. The molecule has 3 rings (SSSR count). The number of aromatic nitrogens is 1. The molecule has 1 heterocycles. The van der Waals surface area contributed by atoms with E-state index >= 15 is 0 Å². The van der Waals surface area contributed by atoms with Gasteiger partial charge in [-0.3, -0.25) is 4.21 Å². The van der Waals surface area contributed by atoms with E-state index in [0.29, 0.717) is 21.4 Å². The van der Waals surface area contributed by atoms with Crippen LogP contribution in [-0.2, 0) is 29.4 Å². The second kappa shape index (κ2) is 6.60. The molecule has 0 aliphatic heterocycles. The average molecular weight is 331 g/mol. The maximum atomic E-state index is 12.6. The van der Waals surface area contributed by atoms with Crippen molar-refractivity contribution in [1.29, 1.82) is 5.26 Å². The molecular weight excluding hydrogens is 316 g/mol. The van der Waals surface area contributed by atoms with Crippen LogP contribution >= 0.6 is 11.6 Å². The number of nitrogens with zero attached hydrogens (tertiary/aromatic N) is 2. The van der Waals surface area contributed by atoms with Gasteiger partial charge in [-0.15, -0.1) is 0 Å². The van der Waals surface area contributed by atoms with Crippen molar-refractivity contribution >= 4 is 22.4 Å². The highest BCUT2D eigenvalue weighted by molar-refractivity contribution is 7.84. The Morgan fingerprint density at radius 2 is 1.95 bits per heavy atom. The van der Waals surface area contributed by atoms with Crippen molar-refractivity contribution < 1.29 is 4.21 Å². The van der Waals surface area contributed by atoms with Crippen LogP contribution in [0.1, 0.15) is 35.2 Å². The Morgan fingerprint density at radius 1 is 1.23 bits per heavy atom. The molecule has 0 saturated heterocycles. The molecule has 0 spiro atoms. The largest absolute Gasteiger partial charge is 0.252 e. The summed E-state index contributed by atoms with van der Waals surface area (Å²) in [6, 6.07) is 11.3. The van der Waals surface area contributed by atoms with Crippen molar-refractivity contribution in [2.45, 2.75) is 36.5 Å². The van der Waals surface area contributed by atoms with Gasteiger partial charge in [-0.05, 0) is 55.0 Å². The van der Waals surface area contributed by atoms with Gasteiger partial charge in [0.2, 0.25) is 0 Å². The van der Waals surface area contributed by atoms with Gasteiger partial charge in [0.25, 0.3) is 0 Å². The van der Waals surface area contributed by atoms with Crippen LogP contribution in [-0.4, -0.2) is 9.19 Å². The quantitative estimate of drug-likeness (QED) is 0.860. The van der Waals surface area contributed by atoms with Gasteiger partial charge in [0, 0.05) is 10.7 Å². The fourth-order valence-corrected chi connectivity index (χ4v) is 3.99. The minimum absolute atomic E-state index is 0.345. The molecule has 1 aromatic carbocycles. The van der Waals surface area contributed by atoms with Gasteiger partial charge in [-0.25, -0.2) is 4.98 Å². The zero-order chi connectivity index (χ0) is 15.5. The van der Waals surface area contributed by atoms with Gasteiger partial charge in [0.15, 0.2) is 0 Å². The summed E-state index contributed by atoms with van der Waals surface area (Å²) >= 11 is 5.86. The molecule has 3 nitrogen and oxygen atoms in total. The van der Waals surface area contributed by atoms with Crippen molar-refractivity contribution in [3.8, 4) is 6.07 Å². The zero-order valence-electron chi connectivity index (χ0n) is 12.0. The molecule has 2 aromatic rings. The van der Waals surface area contributed by atoms with Crippen LogP contribution in [0.5, 0.6) is 0 Å². The van der Waals surface area contributed by atoms with Crippen LogP contribution in [0.15, 0.2) is 35.4 Å². The summed E-state index contributed by atoms with van der Waals surface area (Å²) in [5.74, 6) is 0.345. The fourth-order valence-electron chi connectivity index (χ4n) is 2.67. The number of aryl methyl sites for hydroxylation is 2. The van der Waals surface area contributed by atoms with E-state index in [4.69, 9.17) is 11.6 Å². The van der Waals surface area contributed by atoms with Crippen LogP contribution in [0.3, 0.4) is 0 Å². The first-order chi connectivity index (χ1) is 10.7. The summed E-state index contributed by atoms with van der Waals surface area (Å²) in [5, 5.41) is 10.4. The Labute approximate surface area is 137 Å². The number of rotatable bonds is 3. The van der Waals surface area contributed by atoms with Crippen LogP contribution in [0.4, 0.5) is 0 Å². The summed E-state index contributed by atoms with van der Waals surface area (Å²) in [4.78, 5) is 4.55. The molecule has 5 heteroatoms. The lowest BCUT2D eigenvalue weighted by Gasteiger charge is -2.16. The second-order valence-corrected chi connectivity index (χ2v) is 7.18. The first kappa shape index (κ1) is 15.2. The van der Waals surface area contributed by atoms with Crippen LogP contribution in [0, 0.1) is 11.3 Å². The molecule has 1 aliphatic carbocycles. The van der Waals surface area contributed by atoms with Gasteiger partial charge < -0.3 is 0 Å². The van der Waals surface area contributed by atoms with Gasteiger partial charge in [0.05, 0.1) is 22.1 Å². The predicted molar refractivity (Wildman–Crippen MR) is 87.2 cm³/mol.